The standard InChI is InChI=1S/C20H21N3O2/c1-13-5-7-16-10-14(2)20(22-17(16)9-13)23-21-12-15-6-8-18(24-3)19(11-15)25-4/h5-12H,1-4H3,(H,22,23). The molecule has 0 saturated carbocycles. The Bertz CT molecular complexity index is 936. The summed E-state index contributed by atoms with van der Waals surface area (Å²) in [6.07, 6.45) is 1.73. The van der Waals surface area contributed by atoms with E-state index in [1.54, 1.807) is 20.4 Å². The van der Waals surface area contributed by atoms with Crippen molar-refractivity contribution in [3.63, 3.8) is 0 Å². The minimum absolute atomic E-state index is 0.668. The van der Waals surface area contributed by atoms with Crippen LogP contribution in [0.2, 0.25) is 0 Å². The van der Waals surface area contributed by atoms with Crippen LogP contribution in [0, 0.1) is 13.8 Å². The first kappa shape index (κ1) is 16.8. The van der Waals surface area contributed by atoms with Crippen LogP contribution in [0.4, 0.5) is 5.82 Å². The van der Waals surface area contributed by atoms with Crippen molar-refractivity contribution in [1.82, 2.24) is 4.98 Å². The number of hydrogen-bond acceptors (Lipinski definition) is 5. The second kappa shape index (κ2) is 7.21. The van der Waals surface area contributed by atoms with E-state index in [9.17, 15) is 0 Å². The molecule has 0 unspecified atom stereocenters. The zero-order valence-electron chi connectivity index (χ0n) is 14.8. The summed E-state index contributed by atoms with van der Waals surface area (Å²) in [6.45, 7) is 4.07. The molecule has 3 rings (SSSR count). The number of pyridine rings is 1. The van der Waals surface area contributed by atoms with Crippen molar-refractivity contribution in [2.45, 2.75) is 13.8 Å². The molecule has 0 atom stereocenters. The maximum atomic E-state index is 5.30. The Morgan fingerprint density at radius 2 is 1.76 bits per heavy atom. The van der Waals surface area contributed by atoms with E-state index in [2.05, 4.69) is 46.7 Å². The van der Waals surface area contributed by atoms with E-state index < -0.39 is 0 Å². The van der Waals surface area contributed by atoms with Crippen molar-refractivity contribution in [3.05, 3.63) is 59.2 Å². The third-order valence-corrected chi connectivity index (χ3v) is 3.96. The molecule has 0 amide bonds. The summed E-state index contributed by atoms with van der Waals surface area (Å²) in [5.41, 5.74) is 7.11. The molecule has 2 aromatic carbocycles. The highest BCUT2D eigenvalue weighted by Crippen LogP contribution is 2.27. The molecular formula is C20H21N3O2. The topological polar surface area (TPSA) is 55.7 Å². The Labute approximate surface area is 147 Å². The van der Waals surface area contributed by atoms with E-state index in [4.69, 9.17) is 9.47 Å². The molecule has 1 N–H and O–H groups in total. The van der Waals surface area contributed by atoms with Crippen LogP contribution in [0.5, 0.6) is 11.5 Å². The molecule has 5 heteroatoms. The average molecular weight is 335 g/mol. The number of benzene rings is 2. The molecule has 0 saturated heterocycles. The quantitative estimate of drug-likeness (QED) is 0.557. The van der Waals surface area contributed by atoms with Gasteiger partial charge in [0, 0.05) is 5.39 Å². The first-order valence-corrected chi connectivity index (χ1v) is 8.00. The number of hydrazone groups is 1. The molecule has 0 aliphatic carbocycles. The van der Waals surface area contributed by atoms with Crippen molar-refractivity contribution in [2.75, 3.05) is 19.6 Å². The maximum Gasteiger partial charge on any atom is 0.161 e. The lowest BCUT2D eigenvalue weighted by Crippen LogP contribution is -1.98. The highest BCUT2D eigenvalue weighted by molar-refractivity contribution is 5.83. The van der Waals surface area contributed by atoms with Gasteiger partial charge >= 0.3 is 0 Å². The highest BCUT2D eigenvalue weighted by atomic mass is 16.5. The summed E-state index contributed by atoms with van der Waals surface area (Å²) in [5.74, 6) is 2.10. The molecule has 0 spiro atoms. The van der Waals surface area contributed by atoms with Crippen LogP contribution in [0.15, 0.2) is 47.6 Å². The van der Waals surface area contributed by atoms with Gasteiger partial charge in [0.15, 0.2) is 11.5 Å². The maximum absolute atomic E-state index is 5.30. The van der Waals surface area contributed by atoms with Crippen LogP contribution in [0.25, 0.3) is 10.9 Å². The summed E-state index contributed by atoms with van der Waals surface area (Å²) in [4.78, 5) is 4.66. The van der Waals surface area contributed by atoms with Gasteiger partial charge in [0.25, 0.3) is 0 Å². The number of hydrogen-bond donors (Lipinski definition) is 1. The van der Waals surface area contributed by atoms with Gasteiger partial charge in [-0.15, -0.1) is 0 Å². The zero-order valence-corrected chi connectivity index (χ0v) is 14.8. The predicted molar refractivity (Wildman–Crippen MR) is 102 cm³/mol. The second-order valence-electron chi connectivity index (χ2n) is 5.83. The summed E-state index contributed by atoms with van der Waals surface area (Å²) >= 11 is 0. The molecule has 1 heterocycles. The first-order chi connectivity index (χ1) is 12.1. The van der Waals surface area contributed by atoms with Gasteiger partial charge in [-0.3, -0.25) is 5.43 Å². The molecule has 0 aliphatic rings. The average Bonchev–Trinajstić information content (AvgIpc) is 2.62. The number of rotatable bonds is 5. The fourth-order valence-electron chi connectivity index (χ4n) is 2.60. The van der Waals surface area contributed by atoms with E-state index in [0.717, 1.165) is 27.8 Å². The van der Waals surface area contributed by atoms with Crippen LogP contribution in [-0.4, -0.2) is 25.4 Å². The third kappa shape index (κ3) is 3.71. The predicted octanol–water partition coefficient (Wildman–Crippen LogP) is 4.31. The Morgan fingerprint density at radius 1 is 0.960 bits per heavy atom. The first-order valence-electron chi connectivity index (χ1n) is 8.00. The van der Waals surface area contributed by atoms with Crippen molar-refractivity contribution in [2.24, 2.45) is 5.10 Å². The number of ether oxygens (including phenoxy) is 2. The van der Waals surface area contributed by atoms with Gasteiger partial charge in [-0.1, -0.05) is 12.1 Å². The van der Waals surface area contributed by atoms with Crippen molar-refractivity contribution >= 4 is 22.9 Å². The lowest BCUT2D eigenvalue weighted by Gasteiger charge is -2.08. The molecule has 3 aromatic rings. The molecule has 0 bridgehead atoms. The summed E-state index contributed by atoms with van der Waals surface area (Å²) in [5, 5.41) is 5.42. The van der Waals surface area contributed by atoms with Crippen LogP contribution in [0.3, 0.4) is 0 Å². The van der Waals surface area contributed by atoms with Gasteiger partial charge in [-0.05, 0) is 60.9 Å². The van der Waals surface area contributed by atoms with Crippen molar-refractivity contribution in [3.8, 4) is 11.5 Å². The van der Waals surface area contributed by atoms with Crippen LogP contribution < -0.4 is 14.9 Å². The van der Waals surface area contributed by atoms with Crippen LogP contribution in [0.1, 0.15) is 16.7 Å². The number of fused-ring (bicyclic) bond motifs is 1. The largest absolute Gasteiger partial charge is 0.493 e. The minimum atomic E-state index is 0.668. The van der Waals surface area contributed by atoms with E-state index in [1.807, 2.05) is 25.1 Å². The summed E-state index contributed by atoms with van der Waals surface area (Å²) in [6, 6.07) is 14.0. The molecule has 1 aromatic heterocycles. The third-order valence-electron chi connectivity index (χ3n) is 3.96. The number of anilines is 1. The number of methoxy groups -OCH3 is 2. The number of nitrogens with one attached hydrogen (secondary N) is 1. The van der Waals surface area contributed by atoms with Gasteiger partial charge in [-0.25, -0.2) is 4.98 Å². The molecule has 0 radical (unpaired) electrons. The Morgan fingerprint density at radius 3 is 2.52 bits per heavy atom. The lowest BCUT2D eigenvalue weighted by atomic mass is 10.1. The summed E-state index contributed by atoms with van der Waals surface area (Å²) in [7, 11) is 3.23. The van der Waals surface area contributed by atoms with Gasteiger partial charge in [0.2, 0.25) is 0 Å². The Hall–Kier alpha value is -3.08. The van der Waals surface area contributed by atoms with Crippen LogP contribution in [-0.2, 0) is 0 Å². The highest BCUT2D eigenvalue weighted by Gasteiger charge is 2.04. The molecular weight excluding hydrogens is 314 g/mol. The van der Waals surface area contributed by atoms with Crippen molar-refractivity contribution < 1.29 is 9.47 Å². The SMILES string of the molecule is COc1ccc(C=NNc2nc3cc(C)ccc3cc2C)cc1OC. The summed E-state index contributed by atoms with van der Waals surface area (Å²) < 4.78 is 10.5. The second-order valence-corrected chi connectivity index (χ2v) is 5.83. The molecule has 128 valence electrons. The van der Waals surface area contributed by atoms with Crippen molar-refractivity contribution in [1.29, 1.82) is 0 Å². The van der Waals surface area contributed by atoms with Gasteiger partial charge in [-0.2, -0.15) is 5.10 Å². The van der Waals surface area contributed by atoms with E-state index in [-0.39, 0.29) is 0 Å². The number of aromatic nitrogens is 1. The fourth-order valence-corrected chi connectivity index (χ4v) is 2.60. The Kier molecular flexibility index (Phi) is 4.84. The number of nitrogens with zero attached hydrogens (tertiary/aromatic N) is 2. The van der Waals surface area contributed by atoms with Gasteiger partial charge in [0.05, 0.1) is 26.0 Å². The van der Waals surface area contributed by atoms with E-state index in [1.165, 1.54) is 5.56 Å². The minimum Gasteiger partial charge on any atom is -0.493 e. The normalized spacial score (nSPS) is 11.0. The Balaban J connectivity index is 1.82. The monoisotopic (exact) mass is 335 g/mol. The molecule has 25 heavy (non-hydrogen) atoms. The molecule has 5 nitrogen and oxygen atoms in total. The van der Waals surface area contributed by atoms with Gasteiger partial charge in [0.1, 0.15) is 5.82 Å². The van der Waals surface area contributed by atoms with Crippen LogP contribution >= 0.6 is 0 Å². The van der Waals surface area contributed by atoms with E-state index >= 15 is 0 Å². The molecule has 0 fully saturated rings. The lowest BCUT2D eigenvalue weighted by molar-refractivity contribution is 0.355. The van der Waals surface area contributed by atoms with E-state index in [0.29, 0.717) is 11.5 Å². The zero-order chi connectivity index (χ0) is 17.8. The number of aryl methyl sites for hydroxylation is 2. The molecule has 0 aliphatic heterocycles. The fraction of sp³-hybridized carbons (Fsp3) is 0.200. The smallest absolute Gasteiger partial charge is 0.161 e. The van der Waals surface area contributed by atoms with Gasteiger partial charge < -0.3 is 9.47 Å².